The molecule has 3 N–H and O–H groups in total. The Morgan fingerprint density at radius 1 is 1.43 bits per heavy atom. The lowest BCUT2D eigenvalue weighted by Crippen LogP contribution is -2.25. The third-order valence-corrected chi connectivity index (χ3v) is 3.32. The van der Waals surface area contributed by atoms with Gasteiger partial charge in [-0.1, -0.05) is 0 Å². The van der Waals surface area contributed by atoms with Crippen LogP contribution in [0.25, 0.3) is 11.0 Å². The minimum absolute atomic E-state index is 0.237. The Labute approximate surface area is 121 Å². The maximum atomic E-state index is 12.0. The van der Waals surface area contributed by atoms with Gasteiger partial charge in [0.1, 0.15) is 11.4 Å². The van der Waals surface area contributed by atoms with Crippen LogP contribution in [0, 0.1) is 0 Å². The Balaban J connectivity index is 1.65. The summed E-state index contributed by atoms with van der Waals surface area (Å²) in [5.74, 6) is 0.974. The number of carbonyl (C=O) groups is 1. The number of imidazole rings is 1. The third-order valence-electron chi connectivity index (χ3n) is 3.32. The first-order chi connectivity index (χ1) is 10.1. The van der Waals surface area contributed by atoms with E-state index in [-0.39, 0.29) is 11.7 Å². The summed E-state index contributed by atoms with van der Waals surface area (Å²) in [6.45, 7) is 0.503. The van der Waals surface area contributed by atoms with Gasteiger partial charge in [0, 0.05) is 43.5 Å². The van der Waals surface area contributed by atoms with Gasteiger partial charge >= 0.3 is 0 Å². The monoisotopic (exact) mass is 284 g/mol. The highest BCUT2D eigenvalue weighted by molar-refractivity contribution is 5.96. The van der Waals surface area contributed by atoms with Crippen molar-refractivity contribution in [2.24, 2.45) is 7.05 Å². The fourth-order valence-corrected chi connectivity index (χ4v) is 2.19. The standard InChI is InChI=1S/C15H16N4O2/c1-19-7-6-17-14(19)4-5-18-15(20)13-9-10-8-11(16)2-3-12(10)21-13/h2-3,6-9H,4-5,16H2,1H3,(H,18,20). The second-order valence-corrected chi connectivity index (χ2v) is 4.87. The number of nitrogens with one attached hydrogen (secondary N) is 1. The van der Waals surface area contributed by atoms with E-state index in [9.17, 15) is 4.79 Å². The van der Waals surface area contributed by atoms with Crippen molar-refractivity contribution in [3.05, 3.63) is 48.2 Å². The van der Waals surface area contributed by atoms with Gasteiger partial charge in [0.25, 0.3) is 5.91 Å². The Morgan fingerprint density at radius 3 is 3.05 bits per heavy atom. The van der Waals surface area contributed by atoms with Crippen molar-refractivity contribution in [2.45, 2.75) is 6.42 Å². The van der Waals surface area contributed by atoms with Gasteiger partial charge in [-0.2, -0.15) is 0 Å². The number of aryl methyl sites for hydroxylation is 1. The van der Waals surface area contributed by atoms with Crippen LogP contribution in [0.5, 0.6) is 0 Å². The summed E-state index contributed by atoms with van der Waals surface area (Å²) in [4.78, 5) is 16.3. The van der Waals surface area contributed by atoms with E-state index in [4.69, 9.17) is 10.2 Å². The van der Waals surface area contributed by atoms with Crippen LogP contribution in [0.1, 0.15) is 16.4 Å². The highest BCUT2D eigenvalue weighted by Crippen LogP contribution is 2.21. The van der Waals surface area contributed by atoms with Crippen LogP contribution in [-0.2, 0) is 13.5 Å². The molecule has 0 aliphatic heterocycles. The van der Waals surface area contributed by atoms with Crippen molar-refractivity contribution in [2.75, 3.05) is 12.3 Å². The molecule has 6 nitrogen and oxygen atoms in total. The molecule has 3 aromatic rings. The first-order valence-corrected chi connectivity index (χ1v) is 6.67. The largest absolute Gasteiger partial charge is 0.451 e. The van der Waals surface area contributed by atoms with E-state index in [1.54, 1.807) is 30.5 Å². The molecule has 0 spiro atoms. The molecule has 2 aromatic heterocycles. The SMILES string of the molecule is Cn1ccnc1CCNC(=O)c1cc2cc(N)ccc2o1. The zero-order valence-electron chi connectivity index (χ0n) is 11.7. The molecule has 0 bridgehead atoms. The number of nitrogens with two attached hydrogens (primary N) is 1. The number of fused-ring (bicyclic) bond motifs is 1. The summed E-state index contributed by atoms with van der Waals surface area (Å²) < 4.78 is 7.43. The van der Waals surface area contributed by atoms with Crippen LogP contribution in [0.2, 0.25) is 0 Å². The fourth-order valence-electron chi connectivity index (χ4n) is 2.19. The van der Waals surface area contributed by atoms with Crippen LogP contribution in [0.15, 0.2) is 41.1 Å². The molecule has 0 aliphatic carbocycles. The number of nitrogens with zero attached hydrogens (tertiary/aromatic N) is 2. The van der Waals surface area contributed by atoms with Crippen molar-refractivity contribution >= 4 is 22.6 Å². The highest BCUT2D eigenvalue weighted by atomic mass is 16.3. The molecular formula is C15H16N4O2. The minimum Gasteiger partial charge on any atom is -0.451 e. The second-order valence-electron chi connectivity index (χ2n) is 4.87. The average Bonchev–Trinajstić information content (AvgIpc) is 3.05. The molecule has 21 heavy (non-hydrogen) atoms. The number of furan rings is 1. The van der Waals surface area contributed by atoms with Gasteiger partial charge in [-0.05, 0) is 24.3 Å². The zero-order chi connectivity index (χ0) is 14.8. The van der Waals surface area contributed by atoms with Crippen molar-refractivity contribution in [3.8, 4) is 0 Å². The lowest BCUT2D eigenvalue weighted by molar-refractivity contribution is 0.0928. The quantitative estimate of drug-likeness (QED) is 0.714. The van der Waals surface area contributed by atoms with E-state index in [0.717, 1.165) is 11.2 Å². The molecule has 1 aromatic carbocycles. The summed E-state index contributed by atoms with van der Waals surface area (Å²) in [7, 11) is 1.92. The van der Waals surface area contributed by atoms with Gasteiger partial charge < -0.3 is 20.0 Å². The van der Waals surface area contributed by atoms with Gasteiger partial charge in [-0.15, -0.1) is 0 Å². The minimum atomic E-state index is -0.237. The molecule has 3 rings (SSSR count). The molecule has 6 heteroatoms. The number of hydrogen-bond donors (Lipinski definition) is 2. The van der Waals surface area contributed by atoms with Crippen LogP contribution in [0.3, 0.4) is 0 Å². The maximum Gasteiger partial charge on any atom is 0.287 e. The molecule has 1 amide bonds. The Bertz CT molecular complexity index is 788. The van der Waals surface area contributed by atoms with Crippen molar-refractivity contribution in [3.63, 3.8) is 0 Å². The third kappa shape index (κ3) is 2.74. The number of carbonyl (C=O) groups excluding carboxylic acids is 1. The van der Waals surface area contributed by atoms with Crippen molar-refractivity contribution in [1.29, 1.82) is 0 Å². The molecule has 0 unspecified atom stereocenters. The zero-order valence-corrected chi connectivity index (χ0v) is 11.7. The summed E-state index contributed by atoms with van der Waals surface area (Å²) in [6.07, 6.45) is 4.28. The van der Waals surface area contributed by atoms with E-state index in [0.29, 0.717) is 24.2 Å². The first-order valence-electron chi connectivity index (χ1n) is 6.67. The number of nitrogen functional groups attached to an aromatic ring is 1. The average molecular weight is 284 g/mol. The van der Waals surface area contributed by atoms with E-state index in [1.165, 1.54) is 0 Å². The van der Waals surface area contributed by atoms with Gasteiger partial charge in [0.05, 0.1) is 0 Å². The van der Waals surface area contributed by atoms with E-state index in [2.05, 4.69) is 10.3 Å². The van der Waals surface area contributed by atoms with E-state index >= 15 is 0 Å². The van der Waals surface area contributed by atoms with Crippen LogP contribution in [-0.4, -0.2) is 22.0 Å². The molecule has 2 heterocycles. The van der Waals surface area contributed by atoms with Crippen LogP contribution in [0.4, 0.5) is 5.69 Å². The number of aromatic nitrogens is 2. The van der Waals surface area contributed by atoms with Crippen molar-refractivity contribution in [1.82, 2.24) is 14.9 Å². The molecule has 0 saturated carbocycles. The normalized spacial score (nSPS) is 10.9. The molecule has 0 atom stereocenters. The number of anilines is 1. The summed E-state index contributed by atoms with van der Waals surface area (Å²) >= 11 is 0. The fraction of sp³-hybridized carbons (Fsp3) is 0.200. The molecule has 0 saturated heterocycles. The van der Waals surface area contributed by atoms with Gasteiger partial charge in [0.15, 0.2) is 5.76 Å². The predicted molar refractivity (Wildman–Crippen MR) is 79.9 cm³/mol. The Morgan fingerprint density at radius 2 is 2.29 bits per heavy atom. The number of amides is 1. The molecular weight excluding hydrogens is 268 g/mol. The maximum absolute atomic E-state index is 12.0. The van der Waals surface area contributed by atoms with E-state index < -0.39 is 0 Å². The van der Waals surface area contributed by atoms with Gasteiger partial charge in [0.2, 0.25) is 0 Å². The molecule has 0 radical (unpaired) electrons. The molecule has 0 fully saturated rings. The second kappa shape index (κ2) is 5.32. The van der Waals surface area contributed by atoms with Gasteiger partial charge in [-0.25, -0.2) is 4.98 Å². The first kappa shape index (κ1) is 13.2. The van der Waals surface area contributed by atoms with Crippen LogP contribution >= 0.6 is 0 Å². The number of hydrogen-bond acceptors (Lipinski definition) is 4. The summed E-state index contributed by atoms with van der Waals surface area (Å²) in [6, 6.07) is 6.98. The smallest absolute Gasteiger partial charge is 0.287 e. The lowest BCUT2D eigenvalue weighted by atomic mass is 10.2. The number of benzene rings is 1. The molecule has 0 aliphatic rings. The van der Waals surface area contributed by atoms with Crippen molar-refractivity contribution < 1.29 is 9.21 Å². The molecule has 108 valence electrons. The highest BCUT2D eigenvalue weighted by Gasteiger charge is 2.12. The lowest BCUT2D eigenvalue weighted by Gasteiger charge is -2.03. The van der Waals surface area contributed by atoms with E-state index in [1.807, 2.05) is 17.8 Å². The van der Waals surface area contributed by atoms with Crippen LogP contribution < -0.4 is 11.1 Å². The Kier molecular flexibility index (Phi) is 3.35. The number of rotatable bonds is 4. The predicted octanol–water partition coefficient (Wildman–Crippen LogP) is 1.72. The topological polar surface area (TPSA) is 86.1 Å². The van der Waals surface area contributed by atoms with Gasteiger partial charge in [-0.3, -0.25) is 4.79 Å². The Hall–Kier alpha value is -2.76. The summed E-state index contributed by atoms with van der Waals surface area (Å²) in [5.41, 5.74) is 7.00. The summed E-state index contributed by atoms with van der Waals surface area (Å²) in [5, 5.41) is 3.65.